The van der Waals surface area contributed by atoms with Gasteiger partial charge < -0.3 is 9.64 Å². The standard InChI is InChI=1S/C23H23NO4/c1-15-8-9-19(12-16(15)2)22(26)14-28-23(27)13-21-20-7-5-4-6-18(20)10-11-24(21)17(3)25/h4-12,21H,13-14H2,1-3H3/t21-/m1/s1. The quantitative estimate of drug-likeness (QED) is 0.584. The lowest BCUT2D eigenvalue weighted by molar-refractivity contribution is -0.144. The van der Waals surface area contributed by atoms with E-state index in [0.717, 1.165) is 22.3 Å². The molecule has 0 aliphatic carbocycles. The van der Waals surface area contributed by atoms with Gasteiger partial charge in [0.25, 0.3) is 0 Å². The monoisotopic (exact) mass is 377 g/mol. The number of aryl methyl sites for hydroxylation is 2. The van der Waals surface area contributed by atoms with Crippen LogP contribution >= 0.6 is 0 Å². The van der Waals surface area contributed by atoms with Crippen molar-refractivity contribution in [3.63, 3.8) is 0 Å². The largest absolute Gasteiger partial charge is 0.457 e. The van der Waals surface area contributed by atoms with Crippen molar-refractivity contribution in [1.82, 2.24) is 4.90 Å². The maximum atomic E-state index is 12.4. The van der Waals surface area contributed by atoms with Crippen LogP contribution < -0.4 is 0 Å². The Morgan fingerprint density at radius 1 is 1.04 bits per heavy atom. The number of carbonyl (C=O) groups is 3. The van der Waals surface area contributed by atoms with Crippen LogP contribution in [0, 0.1) is 13.8 Å². The van der Waals surface area contributed by atoms with Crippen molar-refractivity contribution in [3.05, 3.63) is 76.5 Å². The molecule has 0 unspecified atom stereocenters. The molecule has 1 atom stereocenters. The Kier molecular flexibility index (Phi) is 5.73. The third-order valence-electron chi connectivity index (χ3n) is 5.02. The van der Waals surface area contributed by atoms with E-state index in [9.17, 15) is 14.4 Å². The van der Waals surface area contributed by atoms with Gasteiger partial charge in [-0.2, -0.15) is 0 Å². The predicted molar refractivity (Wildman–Crippen MR) is 107 cm³/mol. The summed E-state index contributed by atoms with van der Waals surface area (Å²) < 4.78 is 5.22. The fourth-order valence-electron chi connectivity index (χ4n) is 3.27. The van der Waals surface area contributed by atoms with Gasteiger partial charge in [-0.1, -0.05) is 36.4 Å². The molecule has 2 aromatic rings. The first-order chi connectivity index (χ1) is 13.4. The average molecular weight is 377 g/mol. The van der Waals surface area contributed by atoms with Crippen LogP contribution in [0.2, 0.25) is 0 Å². The van der Waals surface area contributed by atoms with Crippen LogP contribution in [-0.2, 0) is 14.3 Å². The molecular formula is C23H23NO4. The zero-order valence-corrected chi connectivity index (χ0v) is 16.3. The summed E-state index contributed by atoms with van der Waals surface area (Å²) in [7, 11) is 0. The number of ketones is 1. The van der Waals surface area contributed by atoms with Gasteiger partial charge in [0.15, 0.2) is 12.4 Å². The highest BCUT2D eigenvalue weighted by molar-refractivity contribution is 5.98. The average Bonchev–Trinajstić information content (AvgIpc) is 2.68. The van der Waals surface area contributed by atoms with Gasteiger partial charge in [-0.05, 0) is 48.2 Å². The molecule has 0 saturated carbocycles. The second-order valence-electron chi connectivity index (χ2n) is 6.97. The van der Waals surface area contributed by atoms with E-state index in [1.165, 1.54) is 11.8 Å². The Morgan fingerprint density at radius 2 is 1.79 bits per heavy atom. The van der Waals surface area contributed by atoms with Crippen molar-refractivity contribution >= 4 is 23.7 Å². The van der Waals surface area contributed by atoms with Crippen LogP contribution in [0.3, 0.4) is 0 Å². The first-order valence-corrected chi connectivity index (χ1v) is 9.19. The number of rotatable bonds is 5. The summed E-state index contributed by atoms with van der Waals surface area (Å²) in [6.45, 7) is 5.05. The number of esters is 1. The van der Waals surface area contributed by atoms with Crippen LogP contribution in [0.1, 0.15) is 52.0 Å². The lowest BCUT2D eigenvalue weighted by Crippen LogP contribution is -2.32. The van der Waals surface area contributed by atoms with E-state index in [1.807, 2.05) is 50.3 Å². The Hall–Kier alpha value is -3.21. The van der Waals surface area contributed by atoms with Gasteiger partial charge in [0.2, 0.25) is 5.91 Å². The molecule has 1 heterocycles. The predicted octanol–water partition coefficient (Wildman–Crippen LogP) is 3.99. The van der Waals surface area contributed by atoms with Crippen molar-refractivity contribution in [2.75, 3.05) is 6.61 Å². The molecule has 0 spiro atoms. The first kappa shape index (κ1) is 19.5. The molecular weight excluding hydrogens is 354 g/mol. The van der Waals surface area contributed by atoms with Crippen molar-refractivity contribution in [2.45, 2.75) is 33.2 Å². The van der Waals surface area contributed by atoms with Crippen molar-refractivity contribution in [2.24, 2.45) is 0 Å². The normalized spacial score (nSPS) is 15.1. The summed E-state index contributed by atoms with van der Waals surface area (Å²) >= 11 is 0. The zero-order valence-electron chi connectivity index (χ0n) is 16.3. The molecule has 0 saturated heterocycles. The molecule has 1 aliphatic heterocycles. The SMILES string of the molecule is CC(=O)N1C=Cc2ccccc2[C@H]1CC(=O)OCC(=O)c1ccc(C)c(C)c1. The van der Waals surface area contributed by atoms with Crippen molar-refractivity contribution < 1.29 is 19.1 Å². The van der Waals surface area contributed by atoms with Crippen LogP contribution in [0.4, 0.5) is 0 Å². The number of hydrogen-bond donors (Lipinski definition) is 0. The highest BCUT2D eigenvalue weighted by Gasteiger charge is 2.29. The Labute approximate surface area is 164 Å². The maximum Gasteiger partial charge on any atom is 0.308 e. The van der Waals surface area contributed by atoms with E-state index in [-0.39, 0.29) is 24.7 Å². The molecule has 1 amide bonds. The van der Waals surface area contributed by atoms with Crippen LogP contribution in [0.15, 0.2) is 48.7 Å². The Balaban J connectivity index is 1.67. The van der Waals surface area contributed by atoms with E-state index in [4.69, 9.17) is 4.74 Å². The summed E-state index contributed by atoms with van der Waals surface area (Å²) in [4.78, 5) is 38.2. The summed E-state index contributed by atoms with van der Waals surface area (Å²) in [5, 5.41) is 0. The molecule has 1 aliphatic rings. The smallest absolute Gasteiger partial charge is 0.308 e. The van der Waals surface area contributed by atoms with Gasteiger partial charge in [-0.3, -0.25) is 14.4 Å². The van der Waals surface area contributed by atoms with Crippen LogP contribution in [-0.4, -0.2) is 29.2 Å². The molecule has 2 aromatic carbocycles. The van der Waals surface area contributed by atoms with Crippen LogP contribution in [0.5, 0.6) is 0 Å². The third kappa shape index (κ3) is 4.19. The topological polar surface area (TPSA) is 63.7 Å². The molecule has 0 fully saturated rings. The minimum atomic E-state index is -0.515. The number of amides is 1. The number of fused-ring (bicyclic) bond motifs is 1. The summed E-state index contributed by atoms with van der Waals surface area (Å²) in [6, 6.07) is 12.6. The van der Waals surface area contributed by atoms with Gasteiger partial charge in [0.1, 0.15) is 0 Å². The second kappa shape index (κ2) is 8.21. The van der Waals surface area contributed by atoms with E-state index in [0.29, 0.717) is 5.56 Å². The molecule has 3 rings (SSSR count). The van der Waals surface area contributed by atoms with E-state index >= 15 is 0 Å². The Bertz CT molecular complexity index is 961. The molecule has 0 bridgehead atoms. The van der Waals surface area contributed by atoms with Gasteiger partial charge in [0, 0.05) is 18.7 Å². The lowest BCUT2D eigenvalue weighted by atomic mass is 9.94. The summed E-state index contributed by atoms with van der Waals surface area (Å²) in [5.41, 5.74) is 4.48. The second-order valence-corrected chi connectivity index (χ2v) is 6.97. The number of Topliss-reactive ketones (excluding diaryl/α,β-unsaturated/α-hetero) is 1. The molecule has 144 valence electrons. The third-order valence-corrected chi connectivity index (χ3v) is 5.02. The molecule has 0 N–H and O–H groups in total. The van der Waals surface area contributed by atoms with Gasteiger partial charge >= 0.3 is 5.97 Å². The minimum absolute atomic E-state index is 0.0128. The van der Waals surface area contributed by atoms with Gasteiger partial charge in [-0.25, -0.2) is 0 Å². The number of nitrogens with zero attached hydrogens (tertiary/aromatic N) is 1. The highest BCUT2D eigenvalue weighted by atomic mass is 16.5. The summed E-state index contributed by atoms with van der Waals surface area (Å²) in [5.74, 6) is -0.919. The fourth-order valence-corrected chi connectivity index (χ4v) is 3.27. The summed E-state index contributed by atoms with van der Waals surface area (Å²) in [6.07, 6.45) is 3.52. The maximum absolute atomic E-state index is 12.4. The molecule has 5 nitrogen and oxygen atoms in total. The van der Waals surface area contributed by atoms with E-state index in [1.54, 1.807) is 18.3 Å². The number of hydrogen-bond acceptors (Lipinski definition) is 4. The van der Waals surface area contributed by atoms with Gasteiger partial charge in [0.05, 0.1) is 12.5 Å². The molecule has 0 radical (unpaired) electrons. The number of benzene rings is 2. The first-order valence-electron chi connectivity index (χ1n) is 9.19. The zero-order chi connectivity index (χ0) is 20.3. The Morgan fingerprint density at radius 3 is 2.50 bits per heavy atom. The number of ether oxygens (including phenoxy) is 1. The highest BCUT2D eigenvalue weighted by Crippen LogP contribution is 2.33. The lowest BCUT2D eigenvalue weighted by Gasteiger charge is -2.32. The van der Waals surface area contributed by atoms with E-state index < -0.39 is 12.0 Å². The van der Waals surface area contributed by atoms with Crippen LogP contribution in [0.25, 0.3) is 6.08 Å². The molecule has 28 heavy (non-hydrogen) atoms. The minimum Gasteiger partial charge on any atom is -0.457 e. The van der Waals surface area contributed by atoms with Gasteiger partial charge in [-0.15, -0.1) is 0 Å². The van der Waals surface area contributed by atoms with E-state index in [2.05, 4.69) is 0 Å². The fraction of sp³-hybridized carbons (Fsp3) is 0.261. The molecule has 5 heteroatoms. The van der Waals surface area contributed by atoms with Crippen molar-refractivity contribution in [1.29, 1.82) is 0 Å². The molecule has 0 aromatic heterocycles. The van der Waals surface area contributed by atoms with Crippen molar-refractivity contribution in [3.8, 4) is 0 Å². The number of carbonyl (C=O) groups excluding carboxylic acids is 3.